The Hall–Kier alpha value is -1.76. The summed E-state index contributed by atoms with van der Waals surface area (Å²) in [6.07, 6.45) is 3.20. The van der Waals surface area contributed by atoms with Crippen molar-refractivity contribution in [1.82, 2.24) is 19.9 Å². The number of aromatic nitrogens is 4. The highest BCUT2D eigenvalue weighted by molar-refractivity contribution is 9.10. The minimum atomic E-state index is -0.530. The molecule has 0 amide bonds. The molecule has 0 saturated heterocycles. The van der Waals surface area contributed by atoms with E-state index in [2.05, 4.69) is 35.9 Å². The Bertz CT molecular complexity index is 553. The molecule has 0 fully saturated rings. The van der Waals surface area contributed by atoms with Gasteiger partial charge in [-0.3, -0.25) is 9.97 Å². The summed E-state index contributed by atoms with van der Waals surface area (Å²) in [6, 6.07) is 1.77. The molecule has 0 aliphatic rings. The number of hydrogen-bond acceptors (Lipinski definition) is 5. The highest BCUT2D eigenvalue weighted by Gasteiger charge is 2.03. The van der Waals surface area contributed by atoms with E-state index < -0.39 is 5.69 Å². The van der Waals surface area contributed by atoms with E-state index in [1.165, 1.54) is 0 Å². The van der Waals surface area contributed by atoms with Gasteiger partial charge in [-0.2, -0.15) is 9.97 Å². The van der Waals surface area contributed by atoms with Crippen molar-refractivity contribution in [2.75, 3.05) is 5.73 Å². The van der Waals surface area contributed by atoms with Crippen LogP contribution < -0.4 is 11.4 Å². The van der Waals surface area contributed by atoms with Gasteiger partial charge in [0.25, 0.3) is 0 Å². The minimum Gasteiger partial charge on any atom is -0.368 e. The summed E-state index contributed by atoms with van der Waals surface area (Å²) in [7, 11) is 0. The van der Waals surface area contributed by atoms with Gasteiger partial charge in [0.2, 0.25) is 5.95 Å². The minimum absolute atomic E-state index is 0.0614. The van der Waals surface area contributed by atoms with E-state index in [1.807, 2.05) is 0 Å². The fraction of sp³-hybridized carbons (Fsp3) is 0. The third kappa shape index (κ3) is 2.18. The number of nitrogens with one attached hydrogen (secondary N) is 1. The van der Waals surface area contributed by atoms with Crippen LogP contribution in [0.15, 0.2) is 27.7 Å². The molecule has 2 aromatic rings. The first-order valence-electron chi connectivity index (χ1n) is 4.00. The van der Waals surface area contributed by atoms with E-state index in [0.29, 0.717) is 11.4 Å². The molecule has 0 aromatic carbocycles. The molecule has 0 atom stereocenters. The van der Waals surface area contributed by atoms with Crippen LogP contribution in [0.2, 0.25) is 0 Å². The molecular formula is C8H6BrN5O. The predicted octanol–water partition coefficient (Wildman–Crippen LogP) is 0.572. The zero-order chi connectivity index (χ0) is 10.8. The van der Waals surface area contributed by atoms with E-state index in [0.717, 1.165) is 4.47 Å². The van der Waals surface area contributed by atoms with Gasteiger partial charge in [0.15, 0.2) is 0 Å². The average molecular weight is 268 g/mol. The van der Waals surface area contributed by atoms with Crippen molar-refractivity contribution in [2.24, 2.45) is 0 Å². The zero-order valence-electron chi connectivity index (χ0n) is 7.44. The van der Waals surface area contributed by atoms with Crippen molar-refractivity contribution < 1.29 is 0 Å². The maximum Gasteiger partial charge on any atom is 0.349 e. The molecule has 0 radical (unpaired) electrons. The maximum absolute atomic E-state index is 11.1. The lowest BCUT2D eigenvalue weighted by molar-refractivity contribution is 1.01. The first kappa shape index (κ1) is 9.78. The molecule has 0 aliphatic heterocycles. The number of H-pyrrole nitrogens is 1. The lowest BCUT2D eigenvalue weighted by Crippen LogP contribution is -2.15. The molecule has 0 aliphatic carbocycles. The van der Waals surface area contributed by atoms with E-state index in [9.17, 15) is 4.79 Å². The molecule has 76 valence electrons. The van der Waals surface area contributed by atoms with Gasteiger partial charge in [0.1, 0.15) is 5.82 Å². The molecule has 7 heteroatoms. The molecule has 3 N–H and O–H groups in total. The van der Waals surface area contributed by atoms with Crippen LogP contribution in [-0.4, -0.2) is 19.9 Å². The van der Waals surface area contributed by atoms with Crippen LogP contribution in [0.5, 0.6) is 0 Å². The van der Waals surface area contributed by atoms with Crippen LogP contribution in [0.25, 0.3) is 11.4 Å². The highest BCUT2D eigenvalue weighted by Crippen LogP contribution is 2.17. The fourth-order valence-electron chi connectivity index (χ4n) is 1.08. The number of nitrogens with two attached hydrogens (primary N) is 1. The summed E-state index contributed by atoms with van der Waals surface area (Å²) in [4.78, 5) is 24.8. The molecule has 6 nitrogen and oxygen atoms in total. The van der Waals surface area contributed by atoms with Crippen LogP contribution in [0, 0.1) is 0 Å². The SMILES string of the molecule is Nc1nc(-c2cncc(Br)c2)[nH]c(=O)n1. The number of hydrogen-bond donors (Lipinski definition) is 2. The van der Waals surface area contributed by atoms with Gasteiger partial charge in [0, 0.05) is 22.4 Å². The van der Waals surface area contributed by atoms with E-state index in [-0.39, 0.29) is 5.95 Å². The number of nitrogen functional groups attached to an aromatic ring is 1. The Balaban J connectivity index is 2.59. The van der Waals surface area contributed by atoms with Crippen LogP contribution >= 0.6 is 15.9 Å². The molecule has 0 spiro atoms. The second kappa shape index (κ2) is 3.77. The monoisotopic (exact) mass is 267 g/mol. The lowest BCUT2D eigenvalue weighted by Gasteiger charge is -2.00. The molecular weight excluding hydrogens is 262 g/mol. The van der Waals surface area contributed by atoms with Gasteiger partial charge < -0.3 is 5.73 Å². The Morgan fingerprint density at radius 3 is 2.80 bits per heavy atom. The first-order valence-corrected chi connectivity index (χ1v) is 4.79. The van der Waals surface area contributed by atoms with Gasteiger partial charge in [0.05, 0.1) is 0 Å². The van der Waals surface area contributed by atoms with Crippen molar-refractivity contribution in [3.05, 3.63) is 33.4 Å². The van der Waals surface area contributed by atoms with E-state index in [4.69, 9.17) is 5.73 Å². The van der Waals surface area contributed by atoms with E-state index >= 15 is 0 Å². The Kier molecular flexibility index (Phi) is 2.46. The Morgan fingerprint density at radius 1 is 1.33 bits per heavy atom. The zero-order valence-corrected chi connectivity index (χ0v) is 9.02. The summed E-state index contributed by atoms with van der Waals surface area (Å²) in [6.45, 7) is 0. The molecule has 15 heavy (non-hydrogen) atoms. The van der Waals surface area contributed by atoms with Gasteiger partial charge >= 0.3 is 5.69 Å². The van der Waals surface area contributed by atoms with Gasteiger partial charge in [-0.1, -0.05) is 0 Å². The van der Waals surface area contributed by atoms with E-state index in [1.54, 1.807) is 18.5 Å². The lowest BCUT2D eigenvalue weighted by atomic mass is 10.3. The Labute approximate surface area is 92.7 Å². The topological polar surface area (TPSA) is 97.5 Å². The molecule has 2 rings (SSSR count). The van der Waals surface area contributed by atoms with Crippen molar-refractivity contribution in [3.8, 4) is 11.4 Å². The number of nitrogens with zero attached hydrogens (tertiary/aromatic N) is 3. The van der Waals surface area contributed by atoms with Gasteiger partial charge in [-0.15, -0.1) is 0 Å². The number of pyridine rings is 1. The molecule has 2 aromatic heterocycles. The number of halogens is 1. The molecule has 0 saturated carbocycles. The number of anilines is 1. The predicted molar refractivity (Wildman–Crippen MR) is 58.0 cm³/mol. The van der Waals surface area contributed by atoms with Crippen molar-refractivity contribution >= 4 is 21.9 Å². The van der Waals surface area contributed by atoms with Crippen molar-refractivity contribution in [3.63, 3.8) is 0 Å². The molecule has 0 bridgehead atoms. The van der Waals surface area contributed by atoms with Crippen molar-refractivity contribution in [2.45, 2.75) is 0 Å². The summed E-state index contributed by atoms with van der Waals surface area (Å²) in [5.74, 6) is 0.287. The highest BCUT2D eigenvalue weighted by atomic mass is 79.9. The Morgan fingerprint density at radius 2 is 2.13 bits per heavy atom. The van der Waals surface area contributed by atoms with Crippen LogP contribution in [-0.2, 0) is 0 Å². The maximum atomic E-state index is 11.1. The molecule has 0 unspecified atom stereocenters. The summed E-state index contributed by atoms with van der Waals surface area (Å²) in [5, 5.41) is 0. The van der Waals surface area contributed by atoms with Gasteiger partial charge in [-0.05, 0) is 22.0 Å². The smallest absolute Gasteiger partial charge is 0.349 e. The second-order valence-corrected chi connectivity index (χ2v) is 3.67. The normalized spacial score (nSPS) is 10.2. The molecule has 2 heterocycles. The second-order valence-electron chi connectivity index (χ2n) is 2.75. The van der Waals surface area contributed by atoms with Crippen LogP contribution in [0.1, 0.15) is 0 Å². The van der Waals surface area contributed by atoms with Crippen molar-refractivity contribution in [1.29, 1.82) is 0 Å². The van der Waals surface area contributed by atoms with Crippen LogP contribution in [0.4, 0.5) is 5.95 Å². The first-order chi connectivity index (χ1) is 7.15. The fourth-order valence-corrected chi connectivity index (χ4v) is 1.44. The number of aromatic amines is 1. The van der Waals surface area contributed by atoms with Crippen LogP contribution in [0.3, 0.4) is 0 Å². The number of rotatable bonds is 1. The average Bonchev–Trinajstić information content (AvgIpc) is 2.16. The standard InChI is InChI=1S/C8H6BrN5O/c9-5-1-4(2-11-3-5)6-12-7(10)14-8(15)13-6/h1-3H,(H3,10,12,13,14,15). The van der Waals surface area contributed by atoms with Gasteiger partial charge in [-0.25, -0.2) is 4.79 Å². The summed E-state index contributed by atoms with van der Waals surface area (Å²) >= 11 is 3.27. The third-order valence-corrected chi connectivity index (χ3v) is 2.08. The largest absolute Gasteiger partial charge is 0.368 e. The quantitative estimate of drug-likeness (QED) is 0.788. The summed E-state index contributed by atoms with van der Waals surface area (Å²) < 4.78 is 0.790. The third-order valence-electron chi connectivity index (χ3n) is 1.65. The summed E-state index contributed by atoms with van der Waals surface area (Å²) in [5.41, 5.74) is 5.49.